The van der Waals surface area contributed by atoms with E-state index in [1.54, 1.807) is 4.90 Å². The zero-order chi connectivity index (χ0) is 12.3. The largest absolute Gasteiger partial charge is 0.346 e. The minimum atomic E-state index is -0.466. The van der Waals surface area contributed by atoms with Gasteiger partial charge in [-0.1, -0.05) is 0 Å². The lowest BCUT2D eigenvalue weighted by atomic mass is 10.1. The van der Waals surface area contributed by atoms with E-state index in [-0.39, 0.29) is 11.9 Å². The number of nitrogens with zero attached hydrogens (tertiary/aromatic N) is 2. The van der Waals surface area contributed by atoms with Crippen molar-refractivity contribution < 1.29 is 9.59 Å². The van der Waals surface area contributed by atoms with Crippen LogP contribution in [0.2, 0.25) is 0 Å². The second-order valence-corrected chi connectivity index (χ2v) is 4.34. The zero-order valence-electron chi connectivity index (χ0n) is 10.0. The molecule has 92 valence electrons. The number of nitrogens with one attached hydrogen (secondary N) is 1. The van der Waals surface area contributed by atoms with Crippen molar-refractivity contribution in [1.82, 2.24) is 15.1 Å². The van der Waals surface area contributed by atoms with Gasteiger partial charge in [-0.2, -0.15) is 0 Å². The number of fused-ring (bicyclic) bond motifs is 1. The maximum Gasteiger partial charge on any atom is 0.312 e. The van der Waals surface area contributed by atoms with Gasteiger partial charge in [-0.25, -0.2) is 0 Å². The first kappa shape index (κ1) is 11.9. The monoisotopic (exact) mass is 235 g/mol. The van der Waals surface area contributed by atoms with Crippen molar-refractivity contribution in [1.29, 1.82) is 0 Å². The Morgan fingerprint density at radius 2 is 2.24 bits per heavy atom. The van der Waals surface area contributed by atoms with E-state index in [9.17, 15) is 9.59 Å². The van der Waals surface area contributed by atoms with Crippen LogP contribution in [-0.4, -0.2) is 60.4 Å². The maximum absolute atomic E-state index is 11.6. The summed E-state index contributed by atoms with van der Waals surface area (Å²) in [6, 6.07) is 0.128. The first-order valence-electron chi connectivity index (χ1n) is 5.93. The lowest BCUT2D eigenvalue weighted by Crippen LogP contribution is -2.65. The Labute approximate surface area is 101 Å². The van der Waals surface area contributed by atoms with E-state index in [1.165, 1.54) is 0 Å². The van der Waals surface area contributed by atoms with E-state index < -0.39 is 5.91 Å². The molecule has 0 saturated carbocycles. The standard InChI is InChI=1S/C12H17N3O2/c1-2-3-4-5-14-6-7-15-10(9-14)8-13-11(16)12(15)17/h10H,4-9H2,1H3,(H,13,16)/t10-/m1/s1. The van der Waals surface area contributed by atoms with E-state index in [4.69, 9.17) is 0 Å². The van der Waals surface area contributed by atoms with E-state index in [0.717, 1.165) is 26.1 Å². The SMILES string of the molecule is CC#CCCN1CCN2C(=O)C(=O)NC[C@@H]2C1. The van der Waals surface area contributed by atoms with Crippen molar-refractivity contribution in [2.45, 2.75) is 19.4 Å². The van der Waals surface area contributed by atoms with Crippen molar-refractivity contribution in [2.75, 3.05) is 32.7 Å². The molecule has 1 N–H and O–H groups in total. The van der Waals surface area contributed by atoms with Crippen LogP contribution in [0.1, 0.15) is 13.3 Å². The molecule has 0 aromatic carbocycles. The molecule has 2 aliphatic rings. The highest BCUT2D eigenvalue weighted by Crippen LogP contribution is 2.12. The van der Waals surface area contributed by atoms with Crippen LogP contribution in [0.5, 0.6) is 0 Å². The highest BCUT2D eigenvalue weighted by atomic mass is 16.2. The molecule has 2 amide bonds. The van der Waals surface area contributed by atoms with Gasteiger partial charge in [0.15, 0.2) is 0 Å². The predicted molar refractivity (Wildman–Crippen MR) is 63.0 cm³/mol. The fraction of sp³-hybridized carbons (Fsp3) is 0.667. The van der Waals surface area contributed by atoms with E-state index in [1.807, 2.05) is 6.92 Å². The summed E-state index contributed by atoms with van der Waals surface area (Å²) < 4.78 is 0. The molecule has 5 heteroatoms. The Bertz CT molecular complexity index is 383. The van der Waals surface area contributed by atoms with Crippen molar-refractivity contribution >= 4 is 11.8 Å². The van der Waals surface area contributed by atoms with Gasteiger partial charge in [-0.15, -0.1) is 11.8 Å². The number of amides is 2. The minimum Gasteiger partial charge on any atom is -0.346 e. The molecule has 2 saturated heterocycles. The number of hydrogen-bond acceptors (Lipinski definition) is 3. The lowest BCUT2D eigenvalue weighted by molar-refractivity contribution is -0.152. The summed E-state index contributed by atoms with van der Waals surface area (Å²) in [6.45, 7) is 5.66. The third-order valence-corrected chi connectivity index (χ3v) is 3.25. The number of carbonyl (C=O) groups is 2. The lowest BCUT2D eigenvalue weighted by Gasteiger charge is -2.43. The third-order valence-electron chi connectivity index (χ3n) is 3.25. The average Bonchev–Trinajstić information content (AvgIpc) is 2.34. The van der Waals surface area contributed by atoms with Gasteiger partial charge in [0.2, 0.25) is 0 Å². The molecule has 0 bridgehead atoms. The molecule has 5 nitrogen and oxygen atoms in total. The molecule has 0 aromatic heterocycles. The van der Waals surface area contributed by atoms with Gasteiger partial charge in [0.25, 0.3) is 0 Å². The summed E-state index contributed by atoms with van der Waals surface area (Å²) in [7, 11) is 0. The maximum atomic E-state index is 11.6. The molecule has 0 unspecified atom stereocenters. The predicted octanol–water partition coefficient (Wildman–Crippen LogP) is -0.958. The molecule has 2 rings (SSSR count). The summed E-state index contributed by atoms with van der Waals surface area (Å²) >= 11 is 0. The quantitative estimate of drug-likeness (QED) is 0.495. The van der Waals surface area contributed by atoms with Crippen molar-refractivity contribution in [3.63, 3.8) is 0 Å². The normalized spacial score (nSPS) is 24.8. The summed E-state index contributed by atoms with van der Waals surface area (Å²) in [4.78, 5) is 26.8. The van der Waals surface area contributed by atoms with E-state index >= 15 is 0 Å². The number of rotatable bonds is 2. The van der Waals surface area contributed by atoms with Crippen LogP contribution in [0.4, 0.5) is 0 Å². The second kappa shape index (κ2) is 5.19. The molecule has 0 radical (unpaired) electrons. The molecule has 0 aliphatic carbocycles. The molecular weight excluding hydrogens is 218 g/mol. The Kier molecular flexibility index (Phi) is 3.64. The van der Waals surface area contributed by atoms with Crippen LogP contribution >= 0.6 is 0 Å². The first-order valence-corrected chi connectivity index (χ1v) is 5.93. The molecular formula is C12H17N3O2. The summed E-state index contributed by atoms with van der Waals surface area (Å²) in [6.07, 6.45) is 0.865. The molecule has 17 heavy (non-hydrogen) atoms. The first-order chi connectivity index (χ1) is 8.22. The Morgan fingerprint density at radius 1 is 1.41 bits per heavy atom. The van der Waals surface area contributed by atoms with Crippen molar-refractivity contribution in [3.8, 4) is 11.8 Å². The van der Waals surface area contributed by atoms with Crippen LogP contribution in [0.15, 0.2) is 0 Å². The van der Waals surface area contributed by atoms with Crippen LogP contribution in [0, 0.1) is 11.8 Å². The Morgan fingerprint density at radius 3 is 3.00 bits per heavy atom. The van der Waals surface area contributed by atoms with Crippen LogP contribution in [-0.2, 0) is 9.59 Å². The van der Waals surface area contributed by atoms with Gasteiger partial charge in [0.1, 0.15) is 0 Å². The van der Waals surface area contributed by atoms with E-state index in [0.29, 0.717) is 13.1 Å². The van der Waals surface area contributed by atoms with Crippen LogP contribution in [0.3, 0.4) is 0 Å². The van der Waals surface area contributed by atoms with Gasteiger partial charge in [-0.3, -0.25) is 14.5 Å². The molecule has 1 atom stereocenters. The number of carbonyl (C=O) groups excluding carboxylic acids is 2. The highest BCUT2D eigenvalue weighted by molar-refractivity contribution is 6.35. The second-order valence-electron chi connectivity index (χ2n) is 4.34. The fourth-order valence-electron chi connectivity index (χ4n) is 2.32. The fourth-order valence-corrected chi connectivity index (χ4v) is 2.32. The Hall–Kier alpha value is -1.54. The molecule has 2 heterocycles. The molecule has 2 aliphatic heterocycles. The third kappa shape index (κ3) is 2.59. The number of hydrogen-bond donors (Lipinski definition) is 1. The van der Waals surface area contributed by atoms with Gasteiger partial charge >= 0.3 is 11.8 Å². The van der Waals surface area contributed by atoms with Crippen molar-refractivity contribution in [2.24, 2.45) is 0 Å². The Balaban J connectivity index is 1.89. The minimum absolute atomic E-state index is 0.128. The molecule has 0 aromatic rings. The van der Waals surface area contributed by atoms with Crippen LogP contribution < -0.4 is 5.32 Å². The van der Waals surface area contributed by atoms with Crippen molar-refractivity contribution in [3.05, 3.63) is 0 Å². The molecule has 2 fully saturated rings. The highest BCUT2D eigenvalue weighted by Gasteiger charge is 2.37. The molecule has 0 spiro atoms. The van der Waals surface area contributed by atoms with Gasteiger partial charge in [0.05, 0.1) is 6.04 Å². The smallest absolute Gasteiger partial charge is 0.312 e. The van der Waals surface area contributed by atoms with Gasteiger partial charge in [-0.05, 0) is 6.92 Å². The topological polar surface area (TPSA) is 52.7 Å². The summed E-state index contributed by atoms with van der Waals surface area (Å²) in [5.74, 6) is 5.07. The zero-order valence-corrected chi connectivity index (χ0v) is 10.0. The van der Waals surface area contributed by atoms with Gasteiger partial charge in [0, 0.05) is 39.1 Å². The number of piperazine rings is 2. The summed E-state index contributed by atoms with van der Waals surface area (Å²) in [5.41, 5.74) is 0. The van der Waals surface area contributed by atoms with Crippen LogP contribution in [0.25, 0.3) is 0 Å². The summed E-state index contributed by atoms with van der Waals surface area (Å²) in [5, 5.41) is 2.63. The average molecular weight is 235 g/mol. The van der Waals surface area contributed by atoms with Gasteiger partial charge < -0.3 is 10.2 Å². The van der Waals surface area contributed by atoms with E-state index in [2.05, 4.69) is 22.1 Å².